The van der Waals surface area contributed by atoms with E-state index in [9.17, 15) is 4.79 Å². The Hall–Kier alpha value is -3.91. The molecule has 1 saturated heterocycles. The number of nitrogen functional groups attached to an aromatic ring is 1. The first-order valence-corrected chi connectivity index (χ1v) is 10.6. The summed E-state index contributed by atoms with van der Waals surface area (Å²) in [6, 6.07) is 21.1. The van der Waals surface area contributed by atoms with E-state index in [0.29, 0.717) is 18.8 Å². The first-order valence-electron chi connectivity index (χ1n) is 10.6. The number of aromatic nitrogens is 3. The number of rotatable bonds is 5. The van der Waals surface area contributed by atoms with Crippen LogP contribution in [0.4, 0.5) is 5.82 Å². The van der Waals surface area contributed by atoms with Crippen LogP contribution in [0.15, 0.2) is 77.7 Å². The van der Waals surface area contributed by atoms with Crippen LogP contribution < -0.4 is 5.73 Å². The van der Waals surface area contributed by atoms with Crippen molar-refractivity contribution >= 4 is 11.7 Å². The second-order valence-electron chi connectivity index (χ2n) is 7.75. The summed E-state index contributed by atoms with van der Waals surface area (Å²) in [4.78, 5) is 28.4. The van der Waals surface area contributed by atoms with Crippen molar-refractivity contribution in [3.05, 3.63) is 90.1 Å². The highest BCUT2D eigenvalue weighted by Gasteiger charge is 2.29. The van der Waals surface area contributed by atoms with E-state index < -0.39 is 0 Å². The normalized spacial score (nSPS) is 14.7. The lowest BCUT2D eigenvalue weighted by molar-refractivity contribution is 0.0592. The second kappa shape index (κ2) is 8.68. The van der Waals surface area contributed by atoms with E-state index in [-0.39, 0.29) is 29.4 Å². The molecule has 32 heavy (non-hydrogen) atoms. The molecule has 0 bridgehead atoms. The average Bonchev–Trinajstić information content (AvgIpc) is 3.50. The second-order valence-corrected chi connectivity index (χ2v) is 7.75. The van der Waals surface area contributed by atoms with Gasteiger partial charge in [-0.05, 0) is 11.1 Å². The number of H-pyrrole nitrogens is 1. The Morgan fingerprint density at radius 2 is 1.59 bits per heavy atom. The van der Waals surface area contributed by atoms with Gasteiger partial charge in [0, 0.05) is 26.2 Å². The fraction of sp³-hybridized carbons (Fsp3) is 0.208. The van der Waals surface area contributed by atoms with Crippen molar-refractivity contribution in [3.63, 3.8) is 0 Å². The number of amides is 1. The summed E-state index contributed by atoms with van der Waals surface area (Å²) in [7, 11) is 0. The number of anilines is 1. The molecule has 3 heterocycles. The van der Waals surface area contributed by atoms with Crippen molar-refractivity contribution in [2.45, 2.75) is 6.04 Å². The molecule has 1 aliphatic heterocycles. The Labute approximate surface area is 185 Å². The molecule has 8 heteroatoms. The number of piperazine rings is 1. The monoisotopic (exact) mass is 428 g/mol. The zero-order chi connectivity index (χ0) is 21.9. The standard InChI is InChI=1S/C24H24N6O2/c25-22-20(26-16-27-22)23-28-19(15-32-23)24(31)30-13-11-29(12-14-30)21(17-7-3-1-4-8-17)18-9-5-2-6-10-18/h1-10,15-16,21H,11-14,25H2,(H,26,27). The van der Waals surface area contributed by atoms with Gasteiger partial charge in [-0.15, -0.1) is 0 Å². The zero-order valence-corrected chi connectivity index (χ0v) is 17.5. The molecule has 1 amide bonds. The Balaban J connectivity index is 1.30. The van der Waals surface area contributed by atoms with Crippen LogP contribution in [0.5, 0.6) is 0 Å². The minimum absolute atomic E-state index is 0.145. The summed E-state index contributed by atoms with van der Waals surface area (Å²) < 4.78 is 5.46. The molecule has 0 radical (unpaired) electrons. The fourth-order valence-corrected chi connectivity index (χ4v) is 4.19. The number of hydrogen-bond acceptors (Lipinski definition) is 6. The molecule has 8 nitrogen and oxygen atoms in total. The topological polar surface area (TPSA) is 104 Å². The van der Waals surface area contributed by atoms with Crippen LogP contribution in [0.25, 0.3) is 11.6 Å². The number of hydrogen-bond donors (Lipinski definition) is 2. The van der Waals surface area contributed by atoms with Gasteiger partial charge in [0.1, 0.15) is 12.0 Å². The number of nitrogens with two attached hydrogens (primary N) is 1. The Bertz CT molecular complexity index is 1140. The van der Waals surface area contributed by atoms with E-state index >= 15 is 0 Å². The fourth-order valence-electron chi connectivity index (χ4n) is 4.19. The van der Waals surface area contributed by atoms with Crippen molar-refractivity contribution in [3.8, 4) is 11.6 Å². The largest absolute Gasteiger partial charge is 0.442 e. The van der Waals surface area contributed by atoms with E-state index in [1.807, 2.05) is 17.0 Å². The lowest BCUT2D eigenvalue weighted by Crippen LogP contribution is -2.50. The maximum atomic E-state index is 13.0. The minimum Gasteiger partial charge on any atom is -0.442 e. The maximum absolute atomic E-state index is 13.0. The molecular formula is C24H24N6O2. The van der Waals surface area contributed by atoms with E-state index in [2.05, 4.69) is 68.4 Å². The number of carbonyl (C=O) groups is 1. The van der Waals surface area contributed by atoms with Crippen LogP contribution >= 0.6 is 0 Å². The van der Waals surface area contributed by atoms with Gasteiger partial charge in [0.15, 0.2) is 11.5 Å². The van der Waals surface area contributed by atoms with Gasteiger partial charge >= 0.3 is 0 Å². The number of aromatic amines is 1. The molecule has 3 N–H and O–H groups in total. The van der Waals surface area contributed by atoms with Crippen molar-refractivity contribution in [1.29, 1.82) is 0 Å². The molecule has 0 spiro atoms. The molecule has 162 valence electrons. The highest BCUT2D eigenvalue weighted by Crippen LogP contribution is 2.30. The summed E-state index contributed by atoms with van der Waals surface area (Å²) in [5.41, 5.74) is 9.03. The molecule has 2 aromatic heterocycles. The third-order valence-electron chi connectivity index (χ3n) is 5.80. The molecule has 4 aromatic rings. The maximum Gasteiger partial charge on any atom is 0.275 e. The van der Waals surface area contributed by atoms with E-state index in [1.54, 1.807) is 0 Å². The Morgan fingerprint density at radius 1 is 0.969 bits per heavy atom. The van der Waals surface area contributed by atoms with Crippen molar-refractivity contribution in [1.82, 2.24) is 24.8 Å². The number of imidazole rings is 1. The first-order chi connectivity index (χ1) is 15.7. The van der Waals surface area contributed by atoms with Crippen LogP contribution in [-0.4, -0.2) is 56.8 Å². The number of benzene rings is 2. The number of nitrogens with zero attached hydrogens (tertiary/aromatic N) is 4. The number of oxazole rings is 1. The Kier molecular flexibility index (Phi) is 5.43. The molecule has 1 aliphatic rings. The van der Waals surface area contributed by atoms with Gasteiger partial charge in [0.2, 0.25) is 5.89 Å². The highest BCUT2D eigenvalue weighted by atomic mass is 16.3. The van der Waals surface area contributed by atoms with E-state index in [4.69, 9.17) is 10.2 Å². The number of carbonyl (C=O) groups excluding carboxylic acids is 1. The van der Waals surface area contributed by atoms with Gasteiger partial charge in [-0.3, -0.25) is 9.69 Å². The smallest absolute Gasteiger partial charge is 0.275 e. The van der Waals surface area contributed by atoms with Crippen LogP contribution in [0.2, 0.25) is 0 Å². The highest BCUT2D eigenvalue weighted by molar-refractivity contribution is 5.92. The van der Waals surface area contributed by atoms with E-state index in [0.717, 1.165) is 13.1 Å². The third kappa shape index (κ3) is 3.88. The average molecular weight is 428 g/mol. The van der Waals surface area contributed by atoms with Gasteiger partial charge in [0.25, 0.3) is 5.91 Å². The van der Waals surface area contributed by atoms with Gasteiger partial charge in [-0.25, -0.2) is 9.97 Å². The molecule has 2 aromatic carbocycles. The van der Waals surface area contributed by atoms with E-state index in [1.165, 1.54) is 23.7 Å². The summed E-state index contributed by atoms with van der Waals surface area (Å²) in [6.07, 6.45) is 2.84. The number of nitrogens with one attached hydrogen (secondary N) is 1. The molecule has 1 fully saturated rings. The summed E-state index contributed by atoms with van der Waals surface area (Å²) >= 11 is 0. The lowest BCUT2D eigenvalue weighted by atomic mass is 9.96. The molecule has 0 aliphatic carbocycles. The molecule has 0 saturated carbocycles. The van der Waals surface area contributed by atoms with Gasteiger partial charge < -0.3 is 20.0 Å². The predicted octanol–water partition coefficient (Wildman–Crippen LogP) is 3.19. The van der Waals surface area contributed by atoms with Gasteiger partial charge in [-0.1, -0.05) is 60.7 Å². The third-order valence-corrected chi connectivity index (χ3v) is 5.80. The molecular weight excluding hydrogens is 404 g/mol. The van der Waals surface area contributed by atoms with Gasteiger partial charge in [-0.2, -0.15) is 0 Å². The summed E-state index contributed by atoms with van der Waals surface area (Å²) in [5, 5.41) is 0. The molecule has 5 rings (SSSR count). The van der Waals surface area contributed by atoms with Gasteiger partial charge in [0.05, 0.1) is 12.4 Å². The van der Waals surface area contributed by atoms with Crippen LogP contribution in [0.3, 0.4) is 0 Å². The molecule has 0 unspecified atom stereocenters. The van der Waals surface area contributed by atoms with Crippen molar-refractivity contribution in [2.24, 2.45) is 0 Å². The predicted molar refractivity (Wildman–Crippen MR) is 121 cm³/mol. The van der Waals surface area contributed by atoms with Crippen LogP contribution in [0, 0.1) is 0 Å². The first kappa shape index (κ1) is 20.0. The van der Waals surface area contributed by atoms with Crippen molar-refractivity contribution in [2.75, 3.05) is 31.9 Å². The summed E-state index contributed by atoms with van der Waals surface area (Å²) in [6.45, 7) is 2.75. The minimum atomic E-state index is -0.145. The quantitative estimate of drug-likeness (QED) is 0.506. The zero-order valence-electron chi connectivity index (χ0n) is 17.5. The van der Waals surface area contributed by atoms with Crippen LogP contribution in [0.1, 0.15) is 27.7 Å². The lowest BCUT2D eigenvalue weighted by Gasteiger charge is -2.39. The summed E-state index contributed by atoms with van der Waals surface area (Å²) in [5.74, 6) is 0.399. The Morgan fingerprint density at radius 3 is 2.16 bits per heavy atom. The molecule has 0 atom stereocenters. The SMILES string of the molecule is Nc1nc[nH]c1-c1nc(C(=O)N2CCN(C(c3ccccc3)c3ccccc3)CC2)co1. The van der Waals surface area contributed by atoms with Crippen molar-refractivity contribution < 1.29 is 9.21 Å². The van der Waals surface area contributed by atoms with Crippen LogP contribution in [-0.2, 0) is 0 Å².